The first-order valence-corrected chi connectivity index (χ1v) is 8.45. The number of aromatic nitrogens is 4. The van der Waals surface area contributed by atoms with E-state index < -0.39 is 5.56 Å². The highest BCUT2D eigenvalue weighted by Crippen LogP contribution is 2.18. The Bertz CT molecular complexity index is 1030. The van der Waals surface area contributed by atoms with Gasteiger partial charge in [-0.15, -0.1) is 0 Å². The molecule has 26 heavy (non-hydrogen) atoms. The molecule has 0 unspecified atom stereocenters. The van der Waals surface area contributed by atoms with Gasteiger partial charge in [-0.1, -0.05) is 11.8 Å². The Morgan fingerprint density at radius 3 is 2.42 bits per heavy atom. The van der Waals surface area contributed by atoms with Gasteiger partial charge in [0.1, 0.15) is 0 Å². The molecule has 6 N–H and O–H groups in total. The second kappa shape index (κ2) is 7.27. The molecular weight excluding hydrogens is 358 g/mol. The van der Waals surface area contributed by atoms with E-state index in [1.165, 1.54) is 6.92 Å². The largest absolute Gasteiger partial charge is 0.369 e. The van der Waals surface area contributed by atoms with Crippen LogP contribution in [0.1, 0.15) is 6.92 Å². The van der Waals surface area contributed by atoms with Crippen LogP contribution in [0.25, 0.3) is 11.2 Å². The molecule has 3 aromatic rings. The normalized spacial score (nSPS) is 10.7. The minimum absolute atomic E-state index is 0.0222. The van der Waals surface area contributed by atoms with Crippen molar-refractivity contribution < 1.29 is 9.59 Å². The second-order valence-corrected chi connectivity index (χ2v) is 6.25. The number of fused-ring (bicyclic) bond motifs is 1. The first kappa shape index (κ1) is 17.5. The monoisotopic (exact) mass is 373 g/mol. The van der Waals surface area contributed by atoms with Crippen molar-refractivity contribution in [2.24, 2.45) is 0 Å². The molecule has 0 spiro atoms. The van der Waals surface area contributed by atoms with Gasteiger partial charge in [0.2, 0.25) is 17.8 Å². The smallest absolute Gasteiger partial charge is 0.278 e. The zero-order valence-corrected chi connectivity index (χ0v) is 14.4. The SMILES string of the molecule is CC(=O)Nc1ccc(NC(=O)CSc2nc3nc(N)[nH]c(=O)c3[nH]2)cc1. The summed E-state index contributed by atoms with van der Waals surface area (Å²) >= 11 is 1.13. The number of hydrogen-bond donors (Lipinski definition) is 5. The fourth-order valence-corrected chi connectivity index (χ4v) is 2.81. The third kappa shape index (κ3) is 4.19. The van der Waals surface area contributed by atoms with E-state index in [1.807, 2.05) is 0 Å². The summed E-state index contributed by atoms with van der Waals surface area (Å²) in [5.41, 5.74) is 6.69. The van der Waals surface area contributed by atoms with Gasteiger partial charge in [-0.2, -0.15) is 4.98 Å². The van der Waals surface area contributed by atoms with Crippen LogP contribution in [0, 0.1) is 0 Å². The summed E-state index contributed by atoms with van der Waals surface area (Å²) in [6, 6.07) is 6.74. The molecule has 0 saturated heterocycles. The van der Waals surface area contributed by atoms with Crippen LogP contribution in [0.3, 0.4) is 0 Å². The van der Waals surface area contributed by atoms with Gasteiger partial charge in [-0.25, -0.2) is 4.98 Å². The van der Waals surface area contributed by atoms with Crippen LogP contribution >= 0.6 is 11.8 Å². The zero-order chi connectivity index (χ0) is 18.7. The lowest BCUT2D eigenvalue weighted by atomic mass is 10.3. The number of nitrogens with zero attached hydrogens (tertiary/aromatic N) is 2. The number of benzene rings is 1. The lowest BCUT2D eigenvalue weighted by molar-refractivity contribution is -0.114. The molecule has 3 rings (SSSR count). The van der Waals surface area contributed by atoms with Crippen LogP contribution in [-0.2, 0) is 9.59 Å². The summed E-state index contributed by atoms with van der Waals surface area (Å²) in [4.78, 5) is 48.0. The maximum atomic E-state index is 12.0. The van der Waals surface area contributed by atoms with Crippen molar-refractivity contribution in [3.63, 3.8) is 0 Å². The van der Waals surface area contributed by atoms with Gasteiger partial charge in [0.05, 0.1) is 5.75 Å². The number of carbonyl (C=O) groups is 2. The molecule has 0 bridgehead atoms. The Morgan fingerprint density at radius 1 is 1.12 bits per heavy atom. The number of nitrogen functional groups attached to an aromatic ring is 1. The highest BCUT2D eigenvalue weighted by Gasteiger charge is 2.11. The lowest BCUT2D eigenvalue weighted by Crippen LogP contribution is -2.14. The van der Waals surface area contributed by atoms with Crippen LogP contribution < -0.4 is 21.9 Å². The van der Waals surface area contributed by atoms with Crippen molar-refractivity contribution in [2.75, 3.05) is 22.1 Å². The Morgan fingerprint density at radius 2 is 1.77 bits per heavy atom. The number of amides is 2. The molecule has 2 amide bonds. The molecule has 0 atom stereocenters. The van der Waals surface area contributed by atoms with Crippen LogP contribution in [0.2, 0.25) is 0 Å². The first-order valence-electron chi connectivity index (χ1n) is 7.46. The minimum atomic E-state index is -0.421. The van der Waals surface area contributed by atoms with Crippen molar-refractivity contribution in [3.8, 4) is 0 Å². The number of anilines is 3. The Balaban J connectivity index is 1.59. The number of H-pyrrole nitrogens is 2. The summed E-state index contributed by atoms with van der Waals surface area (Å²) in [7, 11) is 0. The van der Waals surface area contributed by atoms with E-state index in [0.29, 0.717) is 16.5 Å². The average Bonchev–Trinajstić information content (AvgIpc) is 2.97. The highest BCUT2D eigenvalue weighted by atomic mass is 32.2. The molecule has 0 aliphatic rings. The van der Waals surface area contributed by atoms with Gasteiger partial charge in [-0.3, -0.25) is 19.4 Å². The van der Waals surface area contributed by atoms with Gasteiger partial charge in [-0.05, 0) is 24.3 Å². The van der Waals surface area contributed by atoms with Gasteiger partial charge in [0, 0.05) is 18.3 Å². The van der Waals surface area contributed by atoms with E-state index in [1.54, 1.807) is 24.3 Å². The van der Waals surface area contributed by atoms with E-state index in [9.17, 15) is 14.4 Å². The number of nitrogens with one attached hydrogen (secondary N) is 4. The fourth-order valence-electron chi connectivity index (χ4n) is 2.14. The zero-order valence-electron chi connectivity index (χ0n) is 13.6. The van der Waals surface area contributed by atoms with Gasteiger partial charge >= 0.3 is 0 Å². The average molecular weight is 373 g/mol. The lowest BCUT2D eigenvalue weighted by Gasteiger charge is -2.06. The quantitative estimate of drug-likeness (QED) is 0.416. The minimum Gasteiger partial charge on any atom is -0.369 e. The molecule has 134 valence electrons. The van der Waals surface area contributed by atoms with Gasteiger partial charge in [0.25, 0.3) is 5.56 Å². The van der Waals surface area contributed by atoms with Gasteiger partial charge in [0.15, 0.2) is 16.3 Å². The van der Waals surface area contributed by atoms with Crippen molar-refractivity contribution in [1.82, 2.24) is 19.9 Å². The molecule has 0 saturated carbocycles. The van der Waals surface area contributed by atoms with Crippen molar-refractivity contribution in [1.29, 1.82) is 0 Å². The summed E-state index contributed by atoms with van der Waals surface area (Å²) in [5.74, 6) is -0.352. The van der Waals surface area contributed by atoms with Crippen molar-refractivity contribution >= 4 is 52.1 Å². The molecular formula is C15H15N7O3S. The predicted molar refractivity (Wildman–Crippen MR) is 99.0 cm³/mol. The maximum Gasteiger partial charge on any atom is 0.278 e. The Labute approximate surface area is 151 Å². The van der Waals surface area contributed by atoms with Gasteiger partial charge < -0.3 is 21.4 Å². The number of nitrogens with two attached hydrogens (primary N) is 1. The molecule has 2 heterocycles. The molecule has 0 aliphatic heterocycles. The number of thioether (sulfide) groups is 1. The molecule has 11 heteroatoms. The van der Waals surface area contributed by atoms with E-state index in [0.717, 1.165) is 11.8 Å². The predicted octanol–water partition coefficient (Wildman–Crippen LogP) is 0.918. The fraction of sp³-hybridized carbons (Fsp3) is 0.133. The first-order chi connectivity index (χ1) is 12.4. The number of hydrogen-bond acceptors (Lipinski definition) is 7. The molecule has 0 radical (unpaired) electrons. The van der Waals surface area contributed by atoms with Crippen LogP contribution in [-0.4, -0.2) is 37.5 Å². The standard InChI is InChI=1S/C15H15N7O3S/c1-7(23)17-8-2-4-9(5-3-8)18-10(24)6-26-15-19-11-12(21-15)20-14(16)22-13(11)25/h2-5H,6H2,1H3,(H,17,23)(H,18,24)(H4,16,19,20,21,22,25). The molecule has 0 aliphatic carbocycles. The molecule has 10 nitrogen and oxygen atoms in total. The number of rotatable bonds is 5. The van der Waals surface area contributed by atoms with Crippen molar-refractivity contribution in [2.45, 2.75) is 12.1 Å². The van der Waals surface area contributed by atoms with E-state index in [-0.39, 0.29) is 34.7 Å². The van der Waals surface area contributed by atoms with Crippen LogP contribution in [0.5, 0.6) is 0 Å². The third-order valence-electron chi connectivity index (χ3n) is 3.19. The number of aromatic amines is 2. The Hall–Kier alpha value is -3.34. The van der Waals surface area contributed by atoms with E-state index in [4.69, 9.17) is 5.73 Å². The third-order valence-corrected chi connectivity index (χ3v) is 4.06. The van der Waals surface area contributed by atoms with E-state index >= 15 is 0 Å². The molecule has 1 aromatic carbocycles. The van der Waals surface area contributed by atoms with Crippen molar-refractivity contribution in [3.05, 3.63) is 34.6 Å². The maximum absolute atomic E-state index is 12.0. The summed E-state index contributed by atoms with van der Waals surface area (Å²) in [6.45, 7) is 1.42. The summed E-state index contributed by atoms with van der Waals surface area (Å²) in [6.07, 6.45) is 0. The van der Waals surface area contributed by atoms with E-state index in [2.05, 4.69) is 30.6 Å². The summed E-state index contributed by atoms with van der Waals surface area (Å²) < 4.78 is 0. The number of carbonyl (C=O) groups excluding carboxylic acids is 2. The molecule has 2 aromatic heterocycles. The highest BCUT2D eigenvalue weighted by molar-refractivity contribution is 7.99. The van der Waals surface area contributed by atoms with Crippen LogP contribution in [0.4, 0.5) is 17.3 Å². The summed E-state index contributed by atoms with van der Waals surface area (Å²) in [5, 5.41) is 5.76. The second-order valence-electron chi connectivity index (χ2n) is 5.29. The Kier molecular flexibility index (Phi) is 4.89. The number of imidazole rings is 1. The van der Waals surface area contributed by atoms with Crippen LogP contribution in [0.15, 0.2) is 34.2 Å². The molecule has 0 fully saturated rings. The topological polar surface area (TPSA) is 159 Å².